The van der Waals surface area contributed by atoms with Crippen molar-refractivity contribution in [2.24, 2.45) is 0 Å². The molecule has 0 rings (SSSR count). The Morgan fingerprint density at radius 1 is 0.389 bits per heavy atom. The number of ether oxygens (including phenoxy) is 1. The highest BCUT2D eigenvalue weighted by Gasteiger charge is 2.20. The van der Waals surface area contributed by atoms with Crippen molar-refractivity contribution in [3.63, 3.8) is 0 Å². The van der Waals surface area contributed by atoms with E-state index in [1.807, 2.05) is 0 Å². The van der Waals surface area contributed by atoms with E-state index in [-0.39, 0.29) is 18.5 Å². The third-order valence-electron chi connectivity index (χ3n) is 14.9. The lowest BCUT2D eigenvalue weighted by Gasteiger charge is -2.22. The van der Waals surface area contributed by atoms with Crippen molar-refractivity contribution in [3.8, 4) is 0 Å². The van der Waals surface area contributed by atoms with Gasteiger partial charge in [-0.15, -0.1) is 0 Å². The minimum atomic E-state index is -0.662. The van der Waals surface area contributed by atoms with E-state index in [4.69, 9.17) is 4.74 Å². The van der Waals surface area contributed by atoms with Crippen LogP contribution in [0.15, 0.2) is 36.5 Å². The van der Waals surface area contributed by atoms with Crippen molar-refractivity contribution < 1.29 is 24.5 Å². The average molecular weight is 1010 g/mol. The van der Waals surface area contributed by atoms with Gasteiger partial charge in [0, 0.05) is 12.8 Å². The van der Waals surface area contributed by atoms with Crippen LogP contribution in [0.2, 0.25) is 0 Å². The summed E-state index contributed by atoms with van der Waals surface area (Å²) >= 11 is 0. The zero-order valence-electron chi connectivity index (χ0n) is 48.4. The Balaban J connectivity index is 3.38. The summed E-state index contributed by atoms with van der Waals surface area (Å²) in [6.45, 7) is 4.94. The molecule has 0 bridgehead atoms. The van der Waals surface area contributed by atoms with Gasteiger partial charge in [0.25, 0.3) is 0 Å². The number of aliphatic hydroxyl groups excluding tert-OH is 2. The fourth-order valence-corrected chi connectivity index (χ4v) is 9.96. The number of hydrogen-bond donors (Lipinski definition) is 3. The van der Waals surface area contributed by atoms with Gasteiger partial charge >= 0.3 is 5.97 Å². The fraction of sp³-hybridized carbons (Fsp3) is 0.879. The van der Waals surface area contributed by atoms with Crippen molar-refractivity contribution in [2.75, 3.05) is 13.2 Å². The molecule has 1 amide bonds. The van der Waals surface area contributed by atoms with E-state index in [9.17, 15) is 19.8 Å². The second-order valence-corrected chi connectivity index (χ2v) is 22.1. The minimum Gasteiger partial charge on any atom is -0.466 e. The largest absolute Gasteiger partial charge is 0.466 e. The van der Waals surface area contributed by atoms with Crippen molar-refractivity contribution >= 4 is 11.9 Å². The van der Waals surface area contributed by atoms with E-state index < -0.39 is 12.1 Å². The quantitative estimate of drug-likeness (QED) is 0.0320. The number of nitrogens with one attached hydrogen (secondary N) is 1. The number of esters is 1. The molecule has 0 aromatic carbocycles. The molecular weight excluding hydrogens is 887 g/mol. The summed E-state index contributed by atoms with van der Waals surface area (Å²) in [6.07, 6.45) is 77.5. The third-order valence-corrected chi connectivity index (χ3v) is 14.9. The molecule has 72 heavy (non-hydrogen) atoms. The number of amides is 1. The highest BCUT2D eigenvalue weighted by Crippen LogP contribution is 2.17. The highest BCUT2D eigenvalue weighted by molar-refractivity contribution is 5.76. The molecule has 2 atom stereocenters. The predicted octanol–water partition coefficient (Wildman–Crippen LogP) is 20.4. The van der Waals surface area contributed by atoms with Crippen LogP contribution in [-0.4, -0.2) is 47.4 Å². The molecular formula is C66H125NO5. The van der Waals surface area contributed by atoms with E-state index in [0.717, 1.165) is 51.4 Å². The van der Waals surface area contributed by atoms with Gasteiger partial charge in [0.1, 0.15) is 0 Å². The smallest absolute Gasteiger partial charge is 0.305 e. The predicted molar refractivity (Wildman–Crippen MR) is 315 cm³/mol. The summed E-state index contributed by atoms with van der Waals surface area (Å²) < 4.78 is 5.47. The molecule has 0 saturated heterocycles. The molecule has 424 valence electrons. The summed E-state index contributed by atoms with van der Waals surface area (Å²) in [5, 5.41) is 23.2. The van der Waals surface area contributed by atoms with Gasteiger partial charge in [0.05, 0.1) is 25.4 Å². The van der Waals surface area contributed by atoms with Crippen LogP contribution in [0.1, 0.15) is 348 Å². The maximum Gasteiger partial charge on any atom is 0.305 e. The Morgan fingerprint density at radius 3 is 1.08 bits per heavy atom. The van der Waals surface area contributed by atoms with Gasteiger partial charge in [0.2, 0.25) is 5.91 Å². The zero-order chi connectivity index (χ0) is 52.2. The van der Waals surface area contributed by atoms with Crippen LogP contribution in [0.3, 0.4) is 0 Å². The van der Waals surface area contributed by atoms with E-state index in [2.05, 4.69) is 55.6 Å². The van der Waals surface area contributed by atoms with Crippen LogP contribution in [0.25, 0.3) is 0 Å². The summed E-state index contributed by atoms with van der Waals surface area (Å²) in [7, 11) is 0. The van der Waals surface area contributed by atoms with Crippen LogP contribution >= 0.6 is 0 Å². The molecule has 0 aliphatic rings. The first-order valence-electron chi connectivity index (χ1n) is 32.2. The second kappa shape index (κ2) is 61.6. The summed E-state index contributed by atoms with van der Waals surface area (Å²) in [4.78, 5) is 24.5. The van der Waals surface area contributed by atoms with Gasteiger partial charge in [-0.2, -0.15) is 0 Å². The van der Waals surface area contributed by atoms with E-state index in [0.29, 0.717) is 25.9 Å². The number of carbonyl (C=O) groups is 2. The molecule has 0 aliphatic carbocycles. The van der Waals surface area contributed by atoms with Gasteiger partial charge in [0.15, 0.2) is 0 Å². The Hall–Kier alpha value is -1.92. The zero-order valence-corrected chi connectivity index (χ0v) is 48.4. The third kappa shape index (κ3) is 57.4. The number of carbonyl (C=O) groups excluding carboxylic acids is 2. The SMILES string of the molecule is CCCCCC/C=C\CCCCCCCC(=O)OCCCCCCCCCCC/C=C\C/C=C\CCCCCCCCCCCCCCCCCC(=O)NC(CO)C(O)CCCCCCCCCCCCC. The molecule has 6 nitrogen and oxygen atoms in total. The number of aliphatic hydroxyl groups is 2. The number of allylic oxidation sites excluding steroid dienone is 6. The van der Waals surface area contributed by atoms with Crippen molar-refractivity contribution in [3.05, 3.63) is 36.5 Å². The molecule has 0 aromatic heterocycles. The molecule has 0 aliphatic heterocycles. The van der Waals surface area contributed by atoms with Gasteiger partial charge in [-0.3, -0.25) is 9.59 Å². The molecule has 6 heteroatoms. The van der Waals surface area contributed by atoms with Gasteiger partial charge in [-0.25, -0.2) is 0 Å². The topological polar surface area (TPSA) is 95.9 Å². The molecule has 0 spiro atoms. The average Bonchev–Trinajstić information content (AvgIpc) is 3.38. The fourth-order valence-electron chi connectivity index (χ4n) is 9.96. The number of hydrogen-bond acceptors (Lipinski definition) is 5. The van der Waals surface area contributed by atoms with E-state index in [1.165, 1.54) is 263 Å². The Bertz CT molecular complexity index is 1170. The number of unbranched alkanes of at least 4 members (excludes halogenated alkanes) is 43. The number of rotatable bonds is 60. The van der Waals surface area contributed by atoms with E-state index in [1.54, 1.807) is 0 Å². The van der Waals surface area contributed by atoms with Gasteiger partial charge in [-0.05, 0) is 83.5 Å². The van der Waals surface area contributed by atoms with Crippen LogP contribution in [0, 0.1) is 0 Å². The first kappa shape index (κ1) is 70.1. The lowest BCUT2D eigenvalue weighted by Crippen LogP contribution is -2.45. The van der Waals surface area contributed by atoms with Gasteiger partial charge in [-0.1, -0.05) is 288 Å². The van der Waals surface area contributed by atoms with Crippen LogP contribution < -0.4 is 5.32 Å². The first-order valence-corrected chi connectivity index (χ1v) is 32.2. The molecule has 3 N–H and O–H groups in total. The normalized spacial score (nSPS) is 12.8. The van der Waals surface area contributed by atoms with Crippen LogP contribution in [0.4, 0.5) is 0 Å². The molecule has 2 unspecified atom stereocenters. The summed E-state index contributed by atoms with van der Waals surface area (Å²) in [6, 6.07) is -0.540. The van der Waals surface area contributed by atoms with Crippen molar-refractivity contribution in [1.29, 1.82) is 0 Å². The minimum absolute atomic E-state index is 0.00384. The lowest BCUT2D eigenvalue weighted by molar-refractivity contribution is -0.143. The van der Waals surface area contributed by atoms with Crippen molar-refractivity contribution in [1.82, 2.24) is 5.32 Å². The molecule has 0 saturated carbocycles. The first-order chi connectivity index (χ1) is 35.5. The van der Waals surface area contributed by atoms with Crippen LogP contribution in [-0.2, 0) is 14.3 Å². The molecule has 0 fully saturated rings. The highest BCUT2D eigenvalue weighted by atomic mass is 16.5. The Kier molecular flexibility index (Phi) is 60.0. The Labute approximate surface area is 449 Å². The molecule has 0 aromatic rings. The second-order valence-electron chi connectivity index (χ2n) is 22.1. The van der Waals surface area contributed by atoms with E-state index >= 15 is 0 Å². The maximum absolute atomic E-state index is 12.4. The van der Waals surface area contributed by atoms with Crippen molar-refractivity contribution in [2.45, 2.75) is 360 Å². The monoisotopic (exact) mass is 1010 g/mol. The Morgan fingerprint density at radius 2 is 0.694 bits per heavy atom. The molecule has 0 heterocycles. The standard InChI is InChI=1S/C66H125NO5/c1-3-5-7-9-11-13-15-35-40-44-48-52-56-60-66(71)72-61-57-53-49-45-41-37-34-32-30-28-26-24-22-20-18-16-17-19-21-23-25-27-29-31-33-36-39-43-47-51-55-59-65(70)67-63(62-68)64(69)58-54-50-46-42-38-14-12-10-8-6-4-2/h13,15,18,20,24,26,63-64,68-69H,3-12,14,16-17,19,21-23,25,27-62H2,1-2H3,(H,67,70)/b15-13-,20-18-,26-24-. The van der Waals surface area contributed by atoms with Gasteiger partial charge < -0.3 is 20.3 Å². The lowest BCUT2D eigenvalue weighted by atomic mass is 10.0. The summed E-state index contributed by atoms with van der Waals surface area (Å²) in [5.74, 6) is -0.0306. The summed E-state index contributed by atoms with van der Waals surface area (Å²) in [5.41, 5.74) is 0. The molecule has 0 radical (unpaired) electrons. The van der Waals surface area contributed by atoms with Crippen LogP contribution in [0.5, 0.6) is 0 Å². The maximum atomic E-state index is 12.4.